The lowest BCUT2D eigenvalue weighted by Crippen LogP contribution is -1.96. The van der Waals surface area contributed by atoms with Gasteiger partial charge in [-0.05, 0) is 24.1 Å². The van der Waals surface area contributed by atoms with Crippen LogP contribution in [-0.4, -0.2) is 20.1 Å². The lowest BCUT2D eigenvalue weighted by Gasteiger charge is -1.96. The third kappa shape index (κ3) is 3.36. The fourth-order valence-electron chi connectivity index (χ4n) is 2.00. The average Bonchev–Trinajstić information content (AvgIpc) is 3.01. The molecule has 0 spiro atoms. The van der Waals surface area contributed by atoms with Crippen molar-refractivity contribution in [1.82, 2.24) is 20.1 Å². The number of nitrogens with two attached hydrogens (primary N) is 1. The number of thioether (sulfide) groups is 1. The molecule has 110 valence electrons. The number of nitrogens with one attached hydrogen (secondary N) is 1. The number of nitrogen functional groups attached to an aromatic ring is 1. The molecule has 0 aliphatic rings. The number of nitrogens with zero attached hydrogens (tertiary/aromatic N) is 3. The summed E-state index contributed by atoms with van der Waals surface area (Å²) in [5, 5.41) is 4.80. The van der Waals surface area contributed by atoms with Gasteiger partial charge in [0.15, 0.2) is 11.0 Å². The fourth-order valence-corrected chi connectivity index (χ4v) is 2.72. The minimum absolute atomic E-state index is 0.518. The number of hydrogen-bond donors (Lipinski definition) is 2. The van der Waals surface area contributed by atoms with E-state index in [9.17, 15) is 0 Å². The topological polar surface area (TPSA) is 93.6 Å². The van der Waals surface area contributed by atoms with E-state index in [4.69, 9.17) is 10.3 Å². The molecule has 6 nitrogen and oxygen atoms in total. The first-order chi connectivity index (χ1) is 10.1. The Labute approximate surface area is 126 Å². The molecule has 0 fully saturated rings. The van der Waals surface area contributed by atoms with Crippen LogP contribution in [0.4, 0.5) is 5.69 Å². The standard InChI is InChI=1S/C14H17N5OS/c1-8(2)5-12-18-13(20-19-12)7-21-14-16-10-4-3-9(15)6-11(10)17-14/h3-4,6,8H,5,7,15H2,1-2H3,(H,16,17). The number of aromatic nitrogens is 4. The van der Waals surface area contributed by atoms with Gasteiger partial charge in [-0.2, -0.15) is 4.98 Å². The first-order valence-electron chi connectivity index (χ1n) is 6.79. The molecule has 7 heteroatoms. The molecule has 2 aromatic heterocycles. The summed E-state index contributed by atoms with van der Waals surface area (Å²) in [5.41, 5.74) is 8.31. The monoisotopic (exact) mass is 303 g/mol. The van der Waals surface area contributed by atoms with Gasteiger partial charge < -0.3 is 15.2 Å². The van der Waals surface area contributed by atoms with E-state index in [1.165, 1.54) is 11.8 Å². The van der Waals surface area contributed by atoms with Crippen LogP contribution in [0.2, 0.25) is 0 Å². The van der Waals surface area contributed by atoms with Crippen LogP contribution in [0.3, 0.4) is 0 Å². The third-order valence-corrected chi connectivity index (χ3v) is 3.78. The highest BCUT2D eigenvalue weighted by molar-refractivity contribution is 7.98. The number of rotatable bonds is 5. The Bertz CT molecular complexity index is 749. The minimum Gasteiger partial charge on any atom is -0.399 e. The lowest BCUT2D eigenvalue weighted by atomic mass is 10.1. The van der Waals surface area contributed by atoms with Gasteiger partial charge in [-0.3, -0.25) is 0 Å². The zero-order valence-electron chi connectivity index (χ0n) is 12.0. The predicted molar refractivity (Wildman–Crippen MR) is 82.9 cm³/mol. The van der Waals surface area contributed by atoms with Gasteiger partial charge in [0, 0.05) is 12.1 Å². The van der Waals surface area contributed by atoms with Crippen LogP contribution in [-0.2, 0) is 12.2 Å². The Kier molecular flexibility index (Phi) is 3.83. The Morgan fingerprint density at radius 1 is 1.33 bits per heavy atom. The van der Waals surface area contributed by atoms with Crippen LogP contribution in [0, 0.1) is 5.92 Å². The van der Waals surface area contributed by atoms with Crippen molar-refractivity contribution in [3.63, 3.8) is 0 Å². The number of imidazole rings is 1. The minimum atomic E-state index is 0.518. The van der Waals surface area contributed by atoms with Crippen LogP contribution in [0.5, 0.6) is 0 Å². The maximum Gasteiger partial charge on any atom is 0.237 e. The summed E-state index contributed by atoms with van der Waals surface area (Å²) in [5.74, 6) is 2.50. The molecule has 0 aliphatic carbocycles. The van der Waals surface area contributed by atoms with Crippen LogP contribution in [0.1, 0.15) is 25.6 Å². The van der Waals surface area contributed by atoms with E-state index in [1.807, 2.05) is 18.2 Å². The van der Waals surface area contributed by atoms with Gasteiger partial charge in [0.05, 0.1) is 16.8 Å². The molecule has 0 atom stereocenters. The predicted octanol–water partition coefficient (Wildman–Crippen LogP) is 3.02. The Morgan fingerprint density at radius 3 is 3.00 bits per heavy atom. The first kappa shape index (κ1) is 13.9. The molecule has 0 bridgehead atoms. The molecule has 3 aromatic rings. The molecule has 0 radical (unpaired) electrons. The van der Waals surface area contributed by atoms with Gasteiger partial charge in [-0.25, -0.2) is 4.98 Å². The van der Waals surface area contributed by atoms with E-state index < -0.39 is 0 Å². The second-order valence-corrected chi connectivity index (χ2v) is 6.27. The number of hydrogen-bond acceptors (Lipinski definition) is 6. The molecule has 0 saturated heterocycles. The molecule has 0 aliphatic heterocycles. The smallest absolute Gasteiger partial charge is 0.237 e. The van der Waals surface area contributed by atoms with Crippen molar-refractivity contribution in [3.8, 4) is 0 Å². The van der Waals surface area contributed by atoms with Gasteiger partial charge in [0.2, 0.25) is 5.89 Å². The summed E-state index contributed by atoms with van der Waals surface area (Å²) in [7, 11) is 0. The van der Waals surface area contributed by atoms with Gasteiger partial charge >= 0.3 is 0 Å². The van der Waals surface area contributed by atoms with Crippen molar-refractivity contribution in [2.24, 2.45) is 5.92 Å². The van der Waals surface area contributed by atoms with E-state index in [2.05, 4.69) is 34.0 Å². The van der Waals surface area contributed by atoms with Crippen molar-refractivity contribution in [2.75, 3.05) is 5.73 Å². The summed E-state index contributed by atoms with van der Waals surface area (Å²) in [4.78, 5) is 12.1. The summed E-state index contributed by atoms with van der Waals surface area (Å²) in [6, 6.07) is 5.62. The Hall–Kier alpha value is -2.02. The van der Waals surface area contributed by atoms with E-state index in [0.717, 1.165) is 34.1 Å². The quantitative estimate of drug-likeness (QED) is 0.556. The van der Waals surface area contributed by atoms with E-state index in [1.54, 1.807) is 0 Å². The van der Waals surface area contributed by atoms with Gasteiger partial charge in [0.1, 0.15) is 0 Å². The first-order valence-corrected chi connectivity index (χ1v) is 7.78. The average molecular weight is 303 g/mol. The summed E-state index contributed by atoms with van der Waals surface area (Å²) < 4.78 is 5.24. The van der Waals surface area contributed by atoms with Crippen LogP contribution < -0.4 is 5.73 Å². The maximum absolute atomic E-state index is 5.75. The molecule has 0 unspecified atom stereocenters. The molecule has 2 heterocycles. The largest absolute Gasteiger partial charge is 0.399 e. The molecular weight excluding hydrogens is 286 g/mol. The van der Waals surface area contributed by atoms with Gasteiger partial charge in [0.25, 0.3) is 0 Å². The number of benzene rings is 1. The van der Waals surface area contributed by atoms with Crippen molar-refractivity contribution in [2.45, 2.75) is 31.2 Å². The number of H-pyrrole nitrogens is 1. The molecule has 3 N–H and O–H groups in total. The summed E-state index contributed by atoms with van der Waals surface area (Å²) in [6.45, 7) is 4.26. The molecule has 1 aromatic carbocycles. The van der Waals surface area contributed by atoms with Gasteiger partial charge in [-0.15, -0.1) is 0 Å². The molecule has 3 rings (SSSR count). The second-order valence-electron chi connectivity index (χ2n) is 5.31. The zero-order valence-corrected chi connectivity index (χ0v) is 12.8. The van der Waals surface area contributed by atoms with Crippen molar-refractivity contribution in [1.29, 1.82) is 0 Å². The Morgan fingerprint density at radius 2 is 2.19 bits per heavy atom. The van der Waals surface area contributed by atoms with Crippen molar-refractivity contribution < 1.29 is 4.52 Å². The highest BCUT2D eigenvalue weighted by atomic mass is 32.2. The molecule has 21 heavy (non-hydrogen) atoms. The van der Waals surface area contributed by atoms with E-state index in [0.29, 0.717) is 17.6 Å². The number of anilines is 1. The summed E-state index contributed by atoms with van der Waals surface area (Å²) >= 11 is 1.53. The summed E-state index contributed by atoms with van der Waals surface area (Å²) in [6.07, 6.45) is 0.831. The maximum atomic E-state index is 5.75. The zero-order chi connectivity index (χ0) is 14.8. The fraction of sp³-hybridized carbons (Fsp3) is 0.357. The van der Waals surface area contributed by atoms with E-state index in [-0.39, 0.29) is 0 Å². The van der Waals surface area contributed by atoms with Crippen LogP contribution in [0.15, 0.2) is 27.9 Å². The third-order valence-electron chi connectivity index (χ3n) is 2.92. The van der Waals surface area contributed by atoms with Gasteiger partial charge in [-0.1, -0.05) is 30.8 Å². The van der Waals surface area contributed by atoms with Crippen LogP contribution >= 0.6 is 11.8 Å². The van der Waals surface area contributed by atoms with Crippen molar-refractivity contribution in [3.05, 3.63) is 29.9 Å². The molecule has 0 amide bonds. The number of aromatic amines is 1. The SMILES string of the molecule is CC(C)Cc1noc(CSc2nc3ccc(N)cc3[nH]2)n1. The van der Waals surface area contributed by atoms with Crippen LogP contribution in [0.25, 0.3) is 11.0 Å². The van der Waals surface area contributed by atoms with E-state index >= 15 is 0 Å². The lowest BCUT2D eigenvalue weighted by molar-refractivity contribution is 0.382. The highest BCUT2D eigenvalue weighted by Crippen LogP contribution is 2.23. The molecular formula is C14H17N5OS. The van der Waals surface area contributed by atoms with Crippen molar-refractivity contribution >= 4 is 28.5 Å². The second kappa shape index (κ2) is 5.77. The highest BCUT2D eigenvalue weighted by Gasteiger charge is 2.10. The number of fused-ring (bicyclic) bond motifs is 1. The normalized spacial score (nSPS) is 11.6. The molecule has 0 saturated carbocycles. The Balaban J connectivity index is 1.67.